The molecule has 1 saturated carbocycles. The van der Waals surface area contributed by atoms with Gasteiger partial charge in [0.1, 0.15) is 0 Å². The normalized spacial score (nSPS) is 30.4. The molecule has 2 amide bonds. The summed E-state index contributed by atoms with van der Waals surface area (Å²) in [6, 6.07) is 0.673. The van der Waals surface area contributed by atoms with Crippen molar-refractivity contribution >= 4 is 11.8 Å². The van der Waals surface area contributed by atoms with Gasteiger partial charge in [0.05, 0.1) is 5.92 Å². The summed E-state index contributed by atoms with van der Waals surface area (Å²) >= 11 is 0. The van der Waals surface area contributed by atoms with E-state index in [-0.39, 0.29) is 17.7 Å². The Bertz CT molecular complexity index is 474. The molecule has 3 fully saturated rings. The van der Waals surface area contributed by atoms with Crippen LogP contribution in [0.4, 0.5) is 0 Å². The Kier molecular flexibility index (Phi) is 6.37. The number of hydrogen-bond acceptors (Lipinski definition) is 3. The molecule has 2 unspecified atom stereocenters. The molecule has 3 aliphatic rings. The highest BCUT2D eigenvalue weighted by Gasteiger charge is 2.40. The molecule has 2 saturated heterocycles. The van der Waals surface area contributed by atoms with Gasteiger partial charge in [0, 0.05) is 38.1 Å². The van der Waals surface area contributed by atoms with Crippen LogP contribution in [0.25, 0.3) is 0 Å². The number of rotatable bonds is 3. The van der Waals surface area contributed by atoms with Gasteiger partial charge in [-0.15, -0.1) is 0 Å². The largest absolute Gasteiger partial charge is 0.339 e. The maximum atomic E-state index is 13.2. The molecule has 0 aromatic rings. The minimum Gasteiger partial charge on any atom is -0.339 e. The Morgan fingerprint density at radius 2 is 1.76 bits per heavy atom. The Morgan fingerprint density at radius 1 is 1.04 bits per heavy atom. The van der Waals surface area contributed by atoms with Crippen molar-refractivity contribution in [1.29, 1.82) is 0 Å². The zero-order valence-corrected chi connectivity index (χ0v) is 16.1. The van der Waals surface area contributed by atoms with Crippen LogP contribution in [-0.4, -0.2) is 71.8 Å². The third-order valence-corrected chi connectivity index (χ3v) is 6.43. The predicted molar refractivity (Wildman–Crippen MR) is 99.2 cm³/mol. The maximum absolute atomic E-state index is 13.2. The van der Waals surface area contributed by atoms with E-state index in [1.807, 2.05) is 0 Å². The summed E-state index contributed by atoms with van der Waals surface area (Å²) in [6.45, 7) is 5.68. The second kappa shape index (κ2) is 8.52. The Hall–Kier alpha value is -1.10. The lowest BCUT2D eigenvalue weighted by molar-refractivity contribution is -0.138. The van der Waals surface area contributed by atoms with Crippen molar-refractivity contribution in [2.75, 3.05) is 33.2 Å². The van der Waals surface area contributed by atoms with E-state index >= 15 is 0 Å². The molecule has 5 heteroatoms. The van der Waals surface area contributed by atoms with Gasteiger partial charge >= 0.3 is 0 Å². The number of likely N-dealkylation sites (N-methyl/N-ethyl adjacent to an activating group) is 1. The molecule has 0 bridgehead atoms. The summed E-state index contributed by atoms with van der Waals surface area (Å²) in [6.07, 6.45) is 9.73. The molecule has 142 valence electrons. The zero-order chi connectivity index (χ0) is 17.8. The summed E-state index contributed by atoms with van der Waals surface area (Å²) in [5.74, 6) is 0.324. The van der Waals surface area contributed by atoms with Gasteiger partial charge in [0.15, 0.2) is 0 Å². The summed E-state index contributed by atoms with van der Waals surface area (Å²) < 4.78 is 0. The van der Waals surface area contributed by atoms with E-state index in [0.717, 1.165) is 45.3 Å². The molecule has 0 aromatic heterocycles. The summed E-state index contributed by atoms with van der Waals surface area (Å²) in [7, 11) is 2.14. The van der Waals surface area contributed by atoms with E-state index in [1.54, 1.807) is 0 Å². The van der Waals surface area contributed by atoms with Gasteiger partial charge in [0.25, 0.3) is 0 Å². The first-order valence-electron chi connectivity index (χ1n) is 10.4. The van der Waals surface area contributed by atoms with E-state index in [9.17, 15) is 9.59 Å². The monoisotopic (exact) mass is 349 g/mol. The number of nitrogens with zero attached hydrogens (tertiary/aromatic N) is 3. The second-order valence-electron chi connectivity index (χ2n) is 8.30. The highest BCUT2D eigenvalue weighted by Crippen LogP contribution is 2.29. The van der Waals surface area contributed by atoms with Gasteiger partial charge in [-0.3, -0.25) is 9.59 Å². The second-order valence-corrected chi connectivity index (χ2v) is 8.30. The lowest BCUT2D eigenvalue weighted by atomic mass is 10.0. The number of hydrogen-bond donors (Lipinski definition) is 0. The molecule has 0 spiro atoms. The molecule has 0 radical (unpaired) electrons. The first kappa shape index (κ1) is 18.7. The first-order valence-corrected chi connectivity index (χ1v) is 10.4. The van der Waals surface area contributed by atoms with Crippen LogP contribution in [0.3, 0.4) is 0 Å². The summed E-state index contributed by atoms with van der Waals surface area (Å²) in [4.78, 5) is 32.3. The Balaban J connectivity index is 1.65. The fourth-order valence-electron chi connectivity index (χ4n) is 4.94. The maximum Gasteiger partial charge on any atom is 0.228 e. The molecule has 2 atom stereocenters. The van der Waals surface area contributed by atoms with Crippen molar-refractivity contribution in [1.82, 2.24) is 14.7 Å². The van der Waals surface area contributed by atoms with Crippen LogP contribution in [-0.2, 0) is 9.59 Å². The lowest BCUT2D eigenvalue weighted by Gasteiger charge is -2.32. The highest BCUT2D eigenvalue weighted by atomic mass is 16.2. The number of likely N-dealkylation sites (tertiary alicyclic amines) is 1. The van der Waals surface area contributed by atoms with Crippen molar-refractivity contribution in [2.24, 2.45) is 5.92 Å². The third kappa shape index (κ3) is 4.36. The SMILES string of the molecule is CCC1CN(C)CCCN1C(=O)C1CC(=O)N(C2CCCCCC2)C1. The zero-order valence-electron chi connectivity index (χ0n) is 16.1. The van der Waals surface area contributed by atoms with E-state index in [0.29, 0.717) is 25.0 Å². The van der Waals surface area contributed by atoms with Gasteiger partial charge in [-0.05, 0) is 39.3 Å². The van der Waals surface area contributed by atoms with Crippen LogP contribution >= 0.6 is 0 Å². The van der Waals surface area contributed by atoms with Gasteiger partial charge < -0.3 is 14.7 Å². The minimum absolute atomic E-state index is 0.117. The van der Waals surface area contributed by atoms with Gasteiger partial charge in [-0.25, -0.2) is 0 Å². The fraction of sp³-hybridized carbons (Fsp3) is 0.900. The van der Waals surface area contributed by atoms with Crippen molar-refractivity contribution in [2.45, 2.75) is 76.8 Å². The molecule has 3 rings (SSSR count). The van der Waals surface area contributed by atoms with Crippen LogP contribution in [0.2, 0.25) is 0 Å². The molecular formula is C20H35N3O2. The predicted octanol–water partition coefficient (Wildman–Crippen LogP) is 2.50. The number of carbonyl (C=O) groups is 2. The molecule has 1 aliphatic carbocycles. The van der Waals surface area contributed by atoms with Crippen molar-refractivity contribution in [3.63, 3.8) is 0 Å². The molecule has 0 aromatic carbocycles. The number of carbonyl (C=O) groups excluding carboxylic acids is 2. The van der Waals surface area contributed by atoms with Gasteiger partial charge in [-0.2, -0.15) is 0 Å². The molecule has 0 N–H and O–H groups in total. The Morgan fingerprint density at radius 3 is 2.44 bits per heavy atom. The standard InChI is InChI=1S/C20H35N3O2/c1-3-17-15-21(2)11-8-12-22(17)20(25)16-13-19(24)23(14-16)18-9-6-4-5-7-10-18/h16-18H,3-15H2,1-2H3. The highest BCUT2D eigenvalue weighted by molar-refractivity contribution is 5.89. The first-order chi connectivity index (χ1) is 12.1. The smallest absolute Gasteiger partial charge is 0.228 e. The van der Waals surface area contributed by atoms with E-state index in [1.165, 1.54) is 25.7 Å². The lowest BCUT2D eigenvalue weighted by Crippen LogP contribution is -2.47. The van der Waals surface area contributed by atoms with Crippen LogP contribution in [0.15, 0.2) is 0 Å². The Labute approximate surface area is 152 Å². The molecule has 2 heterocycles. The average Bonchev–Trinajstić information content (AvgIpc) is 2.79. The molecule has 5 nitrogen and oxygen atoms in total. The van der Waals surface area contributed by atoms with E-state index in [4.69, 9.17) is 0 Å². The fourth-order valence-corrected chi connectivity index (χ4v) is 4.94. The molecule has 25 heavy (non-hydrogen) atoms. The van der Waals surface area contributed by atoms with Crippen molar-refractivity contribution in [3.05, 3.63) is 0 Å². The summed E-state index contributed by atoms with van der Waals surface area (Å²) in [5, 5.41) is 0. The van der Waals surface area contributed by atoms with Crippen LogP contribution in [0, 0.1) is 5.92 Å². The molecular weight excluding hydrogens is 314 g/mol. The van der Waals surface area contributed by atoms with Crippen LogP contribution < -0.4 is 0 Å². The topological polar surface area (TPSA) is 43.9 Å². The average molecular weight is 350 g/mol. The number of amides is 2. The van der Waals surface area contributed by atoms with Gasteiger partial charge in [0.2, 0.25) is 11.8 Å². The van der Waals surface area contributed by atoms with Crippen molar-refractivity contribution < 1.29 is 9.59 Å². The van der Waals surface area contributed by atoms with Crippen LogP contribution in [0.5, 0.6) is 0 Å². The van der Waals surface area contributed by atoms with Gasteiger partial charge in [-0.1, -0.05) is 32.6 Å². The van der Waals surface area contributed by atoms with E-state index in [2.05, 4.69) is 28.7 Å². The van der Waals surface area contributed by atoms with Crippen molar-refractivity contribution in [3.8, 4) is 0 Å². The molecule has 2 aliphatic heterocycles. The minimum atomic E-state index is -0.117. The summed E-state index contributed by atoms with van der Waals surface area (Å²) in [5.41, 5.74) is 0. The van der Waals surface area contributed by atoms with E-state index < -0.39 is 0 Å². The quantitative estimate of drug-likeness (QED) is 0.735. The third-order valence-electron chi connectivity index (χ3n) is 6.43. The van der Waals surface area contributed by atoms with Crippen LogP contribution in [0.1, 0.15) is 64.7 Å².